The van der Waals surface area contributed by atoms with E-state index in [9.17, 15) is 0 Å². The van der Waals surface area contributed by atoms with Gasteiger partial charge in [0.05, 0.1) is 0 Å². The summed E-state index contributed by atoms with van der Waals surface area (Å²) < 4.78 is 11.2. The zero-order valence-corrected chi connectivity index (χ0v) is 10.0. The van der Waals surface area contributed by atoms with Crippen LogP contribution in [0.5, 0.6) is 11.5 Å². The molecule has 0 spiro atoms. The molecule has 0 saturated carbocycles. The Hall–Kier alpha value is -0.870. The Labute approximate surface area is 99.3 Å². The highest BCUT2D eigenvalue weighted by Crippen LogP contribution is 2.45. The minimum Gasteiger partial charge on any atom is -0.486 e. The van der Waals surface area contributed by atoms with E-state index in [2.05, 4.69) is 13.0 Å². The van der Waals surface area contributed by atoms with E-state index in [0.717, 1.165) is 17.9 Å². The van der Waals surface area contributed by atoms with E-state index in [1.54, 1.807) is 0 Å². The number of nitrogens with two attached hydrogens (primary N) is 1. The second-order valence-corrected chi connectivity index (χ2v) is 5.78. The molecule has 1 aromatic carbocycles. The van der Waals surface area contributed by atoms with Crippen LogP contribution in [-0.2, 0) is 0 Å². The fourth-order valence-electron chi connectivity index (χ4n) is 2.23. The van der Waals surface area contributed by atoms with E-state index in [1.807, 2.05) is 17.8 Å². The molecule has 0 amide bonds. The van der Waals surface area contributed by atoms with Gasteiger partial charge in [0.1, 0.15) is 13.2 Å². The fraction of sp³-hybridized carbons (Fsp3) is 0.500. The molecule has 2 atom stereocenters. The molecule has 3 nitrogen and oxygen atoms in total. The Bertz CT molecular complexity index is 422. The highest BCUT2D eigenvalue weighted by molar-refractivity contribution is 8.00. The largest absolute Gasteiger partial charge is 0.486 e. The molecule has 86 valence electrons. The molecule has 3 rings (SSSR count). The minimum atomic E-state index is 0.127. The zero-order chi connectivity index (χ0) is 11.1. The molecule has 0 bridgehead atoms. The van der Waals surface area contributed by atoms with Crippen molar-refractivity contribution in [3.8, 4) is 11.5 Å². The SMILES string of the molecule is CC1CC(N)c2cc3c(cc2S1)OCCO3. The van der Waals surface area contributed by atoms with Gasteiger partial charge in [-0.05, 0) is 24.1 Å². The van der Waals surface area contributed by atoms with Gasteiger partial charge in [-0.2, -0.15) is 0 Å². The Morgan fingerprint density at radius 1 is 1.25 bits per heavy atom. The van der Waals surface area contributed by atoms with Crippen molar-refractivity contribution in [1.29, 1.82) is 0 Å². The predicted molar refractivity (Wildman–Crippen MR) is 64.3 cm³/mol. The maximum absolute atomic E-state index is 6.16. The van der Waals surface area contributed by atoms with E-state index in [1.165, 1.54) is 10.5 Å². The molecular weight excluding hydrogens is 222 g/mol. The van der Waals surface area contributed by atoms with Crippen molar-refractivity contribution in [2.75, 3.05) is 13.2 Å². The summed E-state index contributed by atoms with van der Waals surface area (Å²) in [6.07, 6.45) is 1.03. The van der Waals surface area contributed by atoms with Crippen LogP contribution in [0.1, 0.15) is 24.9 Å². The maximum atomic E-state index is 6.16. The van der Waals surface area contributed by atoms with Crippen LogP contribution in [-0.4, -0.2) is 18.5 Å². The van der Waals surface area contributed by atoms with Gasteiger partial charge in [0.25, 0.3) is 0 Å². The van der Waals surface area contributed by atoms with E-state index in [4.69, 9.17) is 15.2 Å². The quantitative estimate of drug-likeness (QED) is 0.752. The Balaban J connectivity index is 2.06. The van der Waals surface area contributed by atoms with Gasteiger partial charge in [-0.3, -0.25) is 0 Å². The molecule has 0 fully saturated rings. The predicted octanol–water partition coefficient (Wildman–Crippen LogP) is 2.34. The Kier molecular flexibility index (Phi) is 2.48. The van der Waals surface area contributed by atoms with Crippen molar-refractivity contribution in [1.82, 2.24) is 0 Å². The number of rotatable bonds is 0. The van der Waals surface area contributed by atoms with Crippen molar-refractivity contribution in [2.24, 2.45) is 5.73 Å². The van der Waals surface area contributed by atoms with Gasteiger partial charge >= 0.3 is 0 Å². The van der Waals surface area contributed by atoms with Crippen molar-refractivity contribution >= 4 is 11.8 Å². The van der Waals surface area contributed by atoms with Crippen LogP contribution in [0.15, 0.2) is 17.0 Å². The van der Waals surface area contributed by atoms with Gasteiger partial charge in [0.15, 0.2) is 11.5 Å². The molecule has 2 heterocycles. The smallest absolute Gasteiger partial charge is 0.162 e. The minimum absolute atomic E-state index is 0.127. The summed E-state index contributed by atoms with van der Waals surface area (Å²) in [6, 6.07) is 4.25. The van der Waals surface area contributed by atoms with Crippen LogP contribution >= 0.6 is 11.8 Å². The van der Waals surface area contributed by atoms with Crippen molar-refractivity contribution in [3.63, 3.8) is 0 Å². The lowest BCUT2D eigenvalue weighted by molar-refractivity contribution is 0.170. The van der Waals surface area contributed by atoms with Gasteiger partial charge in [-0.15, -0.1) is 11.8 Å². The number of hydrogen-bond acceptors (Lipinski definition) is 4. The second kappa shape index (κ2) is 3.86. The molecular formula is C12H15NO2S. The summed E-state index contributed by atoms with van der Waals surface area (Å²) in [7, 11) is 0. The maximum Gasteiger partial charge on any atom is 0.162 e. The third-order valence-corrected chi connectivity index (χ3v) is 4.19. The van der Waals surface area contributed by atoms with Crippen LogP contribution < -0.4 is 15.2 Å². The van der Waals surface area contributed by atoms with Crippen molar-refractivity contribution in [3.05, 3.63) is 17.7 Å². The summed E-state index contributed by atoms with van der Waals surface area (Å²) in [5.74, 6) is 1.70. The molecule has 2 unspecified atom stereocenters. The summed E-state index contributed by atoms with van der Waals surface area (Å²) in [4.78, 5) is 1.25. The fourth-order valence-corrected chi connectivity index (χ4v) is 3.49. The summed E-state index contributed by atoms with van der Waals surface area (Å²) in [5.41, 5.74) is 7.36. The lowest BCUT2D eigenvalue weighted by Gasteiger charge is -2.29. The monoisotopic (exact) mass is 237 g/mol. The molecule has 1 aromatic rings. The summed E-state index contributed by atoms with van der Waals surface area (Å²) in [5, 5.41) is 0.574. The first kappa shape index (κ1) is 10.3. The van der Waals surface area contributed by atoms with Crippen molar-refractivity contribution in [2.45, 2.75) is 29.5 Å². The normalized spacial score (nSPS) is 27.4. The molecule has 0 aliphatic carbocycles. The first-order valence-electron chi connectivity index (χ1n) is 5.60. The number of ether oxygens (including phenoxy) is 2. The standard InChI is InChI=1S/C12H15NO2S/c1-7-4-9(13)8-5-10-11(6-12(8)16-7)15-3-2-14-10/h5-7,9H,2-4,13H2,1H3. The van der Waals surface area contributed by atoms with Gasteiger partial charge in [0, 0.05) is 16.2 Å². The third kappa shape index (κ3) is 1.66. The molecule has 4 heteroatoms. The molecule has 0 saturated heterocycles. The highest BCUT2D eigenvalue weighted by Gasteiger charge is 2.25. The third-order valence-electron chi connectivity index (χ3n) is 2.99. The first-order chi connectivity index (χ1) is 7.74. The van der Waals surface area contributed by atoms with Crippen LogP contribution in [0.2, 0.25) is 0 Å². The van der Waals surface area contributed by atoms with Crippen LogP contribution in [0.3, 0.4) is 0 Å². The van der Waals surface area contributed by atoms with Crippen LogP contribution in [0.4, 0.5) is 0 Å². The average molecular weight is 237 g/mol. The van der Waals surface area contributed by atoms with Gasteiger partial charge in [-0.25, -0.2) is 0 Å². The van der Waals surface area contributed by atoms with Gasteiger partial charge in [-0.1, -0.05) is 6.92 Å². The van der Waals surface area contributed by atoms with E-state index in [0.29, 0.717) is 18.5 Å². The lowest BCUT2D eigenvalue weighted by atomic mass is 10.0. The zero-order valence-electron chi connectivity index (χ0n) is 9.23. The van der Waals surface area contributed by atoms with Crippen LogP contribution in [0.25, 0.3) is 0 Å². The molecule has 2 N–H and O–H groups in total. The van der Waals surface area contributed by atoms with Crippen molar-refractivity contribution < 1.29 is 9.47 Å². The molecule has 0 aromatic heterocycles. The topological polar surface area (TPSA) is 44.5 Å². The highest BCUT2D eigenvalue weighted by atomic mass is 32.2. The lowest BCUT2D eigenvalue weighted by Crippen LogP contribution is -2.22. The molecule has 2 aliphatic rings. The van der Waals surface area contributed by atoms with E-state index >= 15 is 0 Å². The van der Waals surface area contributed by atoms with E-state index in [-0.39, 0.29) is 6.04 Å². The summed E-state index contributed by atoms with van der Waals surface area (Å²) in [6.45, 7) is 3.48. The summed E-state index contributed by atoms with van der Waals surface area (Å²) >= 11 is 1.87. The second-order valence-electron chi connectivity index (χ2n) is 4.30. The van der Waals surface area contributed by atoms with E-state index < -0.39 is 0 Å². The number of hydrogen-bond donors (Lipinski definition) is 1. The number of fused-ring (bicyclic) bond motifs is 2. The average Bonchev–Trinajstić information content (AvgIpc) is 2.27. The number of thioether (sulfide) groups is 1. The Morgan fingerprint density at radius 3 is 2.69 bits per heavy atom. The molecule has 16 heavy (non-hydrogen) atoms. The Morgan fingerprint density at radius 2 is 1.94 bits per heavy atom. The molecule has 2 aliphatic heterocycles. The van der Waals surface area contributed by atoms with Crippen LogP contribution in [0, 0.1) is 0 Å². The molecule has 0 radical (unpaired) electrons. The first-order valence-corrected chi connectivity index (χ1v) is 6.48. The number of benzene rings is 1. The van der Waals surface area contributed by atoms with Gasteiger partial charge < -0.3 is 15.2 Å². The van der Waals surface area contributed by atoms with Gasteiger partial charge in [0.2, 0.25) is 0 Å².